The molecule has 1 N–H and O–H groups in total. The van der Waals surface area contributed by atoms with E-state index in [1.165, 1.54) is 0 Å². The smallest absolute Gasteiger partial charge is 0.126 e. The molecule has 0 fully saturated rings. The summed E-state index contributed by atoms with van der Waals surface area (Å²) >= 11 is 0. The largest absolute Gasteiger partial charge is 0.508 e. The van der Waals surface area contributed by atoms with Crippen molar-refractivity contribution in [1.82, 2.24) is 9.97 Å². The zero-order valence-electron chi connectivity index (χ0n) is 9.96. The van der Waals surface area contributed by atoms with Crippen molar-refractivity contribution in [3.05, 3.63) is 54.4 Å². The van der Waals surface area contributed by atoms with Crippen molar-refractivity contribution in [2.24, 2.45) is 0 Å². The molecule has 88 valence electrons. The van der Waals surface area contributed by atoms with Crippen LogP contribution in [0, 0.1) is 6.92 Å². The van der Waals surface area contributed by atoms with E-state index in [4.69, 9.17) is 0 Å². The first-order valence-corrected chi connectivity index (χ1v) is 5.77. The maximum absolute atomic E-state index is 9.62. The first-order valence-electron chi connectivity index (χ1n) is 5.77. The second-order valence-corrected chi connectivity index (χ2v) is 4.19. The van der Waals surface area contributed by atoms with E-state index in [0.29, 0.717) is 0 Å². The van der Waals surface area contributed by atoms with Crippen LogP contribution in [0.3, 0.4) is 0 Å². The van der Waals surface area contributed by atoms with Gasteiger partial charge < -0.3 is 5.11 Å². The molecule has 0 aliphatic heterocycles. The Morgan fingerprint density at radius 3 is 2.50 bits per heavy atom. The number of aromatic hydroxyl groups is 1. The van der Waals surface area contributed by atoms with Gasteiger partial charge in [-0.1, -0.05) is 30.3 Å². The SMILES string of the molecule is Cc1nc(-c2ccccc2)c2cc(O)ccc2n1. The minimum atomic E-state index is 0.229. The molecule has 0 spiro atoms. The highest BCUT2D eigenvalue weighted by atomic mass is 16.3. The average Bonchev–Trinajstić information content (AvgIpc) is 2.39. The van der Waals surface area contributed by atoms with Crippen LogP contribution in [-0.2, 0) is 0 Å². The summed E-state index contributed by atoms with van der Waals surface area (Å²) in [6, 6.07) is 15.1. The Morgan fingerprint density at radius 2 is 1.72 bits per heavy atom. The van der Waals surface area contributed by atoms with Crippen molar-refractivity contribution < 1.29 is 5.11 Å². The van der Waals surface area contributed by atoms with Crippen molar-refractivity contribution in [2.75, 3.05) is 0 Å². The van der Waals surface area contributed by atoms with E-state index in [0.717, 1.165) is 28.0 Å². The van der Waals surface area contributed by atoms with Crippen LogP contribution in [-0.4, -0.2) is 15.1 Å². The number of nitrogens with zero attached hydrogens (tertiary/aromatic N) is 2. The third-order valence-corrected chi connectivity index (χ3v) is 2.84. The lowest BCUT2D eigenvalue weighted by Crippen LogP contribution is -1.93. The molecule has 3 nitrogen and oxygen atoms in total. The van der Waals surface area contributed by atoms with Gasteiger partial charge >= 0.3 is 0 Å². The van der Waals surface area contributed by atoms with Crippen molar-refractivity contribution >= 4 is 10.9 Å². The number of hydrogen-bond acceptors (Lipinski definition) is 3. The fourth-order valence-electron chi connectivity index (χ4n) is 2.05. The van der Waals surface area contributed by atoms with Crippen molar-refractivity contribution in [3.8, 4) is 17.0 Å². The Hall–Kier alpha value is -2.42. The third kappa shape index (κ3) is 1.80. The van der Waals surface area contributed by atoms with E-state index in [9.17, 15) is 5.11 Å². The number of benzene rings is 2. The van der Waals surface area contributed by atoms with Crippen LogP contribution in [0.2, 0.25) is 0 Å². The Kier molecular flexibility index (Phi) is 2.45. The molecule has 0 saturated carbocycles. The standard InChI is InChI=1S/C15H12N2O/c1-10-16-14-8-7-12(18)9-13(14)15(17-10)11-5-3-2-4-6-11/h2-9,18H,1H3. The van der Waals surface area contributed by atoms with Crippen LogP contribution in [0.4, 0.5) is 0 Å². The molecule has 3 heteroatoms. The number of phenols is 1. The monoisotopic (exact) mass is 236 g/mol. The fraction of sp³-hybridized carbons (Fsp3) is 0.0667. The number of phenolic OH excluding ortho intramolecular Hbond substituents is 1. The second kappa shape index (κ2) is 4.11. The van der Waals surface area contributed by atoms with Gasteiger partial charge in [0.05, 0.1) is 11.2 Å². The van der Waals surface area contributed by atoms with Gasteiger partial charge in [-0.2, -0.15) is 0 Å². The summed E-state index contributed by atoms with van der Waals surface area (Å²) in [5.41, 5.74) is 2.73. The lowest BCUT2D eigenvalue weighted by atomic mass is 10.1. The Bertz CT molecular complexity index is 708. The summed E-state index contributed by atoms with van der Waals surface area (Å²) in [6.45, 7) is 1.87. The number of hydrogen-bond donors (Lipinski definition) is 1. The van der Waals surface area contributed by atoms with E-state index in [-0.39, 0.29) is 5.75 Å². The number of fused-ring (bicyclic) bond motifs is 1. The third-order valence-electron chi connectivity index (χ3n) is 2.84. The fourth-order valence-corrected chi connectivity index (χ4v) is 2.05. The lowest BCUT2D eigenvalue weighted by molar-refractivity contribution is 0.476. The van der Waals surface area contributed by atoms with Gasteiger partial charge in [0.1, 0.15) is 11.6 Å². The zero-order chi connectivity index (χ0) is 12.5. The maximum Gasteiger partial charge on any atom is 0.126 e. The van der Waals surface area contributed by atoms with E-state index < -0.39 is 0 Å². The summed E-state index contributed by atoms with van der Waals surface area (Å²) < 4.78 is 0. The lowest BCUT2D eigenvalue weighted by Gasteiger charge is -2.07. The molecule has 1 heterocycles. The van der Waals surface area contributed by atoms with Crippen LogP contribution in [0.1, 0.15) is 5.82 Å². The summed E-state index contributed by atoms with van der Waals surface area (Å²) in [5, 5.41) is 10.5. The highest BCUT2D eigenvalue weighted by molar-refractivity contribution is 5.93. The first-order chi connectivity index (χ1) is 8.74. The van der Waals surface area contributed by atoms with E-state index >= 15 is 0 Å². The van der Waals surface area contributed by atoms with Crippen LogP contribution >= 0.6 is 0 Å². The van der Waals surface area contributed by atoms with Gasteiger partial charge in [0, 0.05) is 10.9 Å². The average molecular weight is 236 g/mol. The molecule has 0 radical (unpaired) electrons. The van der Waals surface area contributed by atoms with Gasteiger partial charge in [-0.25, -0.2) is 9.97 Å². The molecule has 0 aliphatic carbocycles. The van der Waals surface area contributed by atoms with E-state index in [1.807, 2.05) is 43.3 Å². The molecule has 3 rings (SSSR count). The predicted octanol–water partition coefficient (Wildman–Crippen LogP) is 3.31. The molecule has 0 bridgehead atoms. The van der Waals surface area contributed by atoms with Crippen molar-refractivity contribution in [3.63, 3.8) is 0 Å². The molecule has 0 unspecified atom stereocenters. The van der Waals surface area contributed by atoms with Crippen LogP contribution in [0.5, 0.6) is 5.75 Å². The molecule has 1 aromatic heterocycles. The normalized spacial score (nSPS) is 10.7. The summed E-state index contributed by atoms with van der Waals surface area (Å²) in [5.74, 6) is 0.958. The van der Waals surface area contributed by atoms with Crippen molar-refractivity contribution in [2.45, 2.75) is 6.92 Å². The molecule has 0 saturated heterocycles. The van der Waals surface area contributed by atoms with Gasteiger partial charge in [0.15, 0.2) is 0 Å². The summed E-state index contributed by atoms with van der Waals surface area (Å²) in [6.07, 6.45) is 0. The second-order valence-electron chi connectivity index (χ2n) is 4.19. The maximum atomic E-state index is 9.62. The minimum Gasteiger partial charge on any atom is -0.508 e. The number of rotatable bonds is 1. The Labute approximate surface area is 105 Å². The molecule has 0 aliphatic rings. The minimum absolute atomic E-state index is 0.229. The molecule has 2 aromatic carbocycles. The quantitative estimate of drug-likeness (QED) is 0.705. The summed E-state index contributed by atoms with van der Waals surface area (Å²) in [4.78, 5) is 8.87. The molecule has 3 aromatic rings. The molecule has 0 atom stereocenters. The van der Waals surface area contributed by atoms with Gasteiger partial charge in [0.25, 0.3) is 0 Å². The van der Waals surface area contributed by atoms with Crippen molar-refractivity contribution in [1.29, 1.82) is 0 Å². The van der Waals surface area contributed by atoms with Gasteiger partial charge in [-0.3, -0.25) is 0 Å². The molecular formula is C15H12N2O. The van der Waals surface area contributed by atoms with Gasteiger partial charge in [-0.05, 0) is 25.1 Å². The highest BCUT2D eigenvalue weighted by Crippen LogP contribution is 2.28. The molecule has 0 amide bonds. The topological polar surface area (TPSA) is 46.0 Å². The molecular weight excluding hydrogens is 224 g/mol. The van der Waals surface area contributed by atoms with Crippen LogP contribution < -0.4 is 0 Å². The zero-order valence-corrected chi connectivity index (χ0v) is 9.96. The van der Waals surface area contributed by atoms with Gasteiger partial charge in [-0.15, -0.1) is 0 Å². The number of aromatic nitrogens is 2. The summed E-state index contributed by atoms with van der Waals surface area (Å²) in [7, 11) is 0. The number of aryl methyl sites for hydroxylation is 1. The van der Waals surface area contributed by atoms with Crippen LogP contribution in [0.15, 0.2) is 48.5 Å². The van der Waals surface area contributed by atoms with E-state index in [2.05, 4.69) is 9.97 Å². The van der Waals surface area contributed by atoms with Crippen LogP contribution in [0.25, 0.3) is 22.2 Å². The predicted molar refractivity (Wildman–Crippen MR) is 71.4 cm³/mol. The Balaban J connectivity index is 2.37. The van der Waals surface area contributed by atoms with E-state index in [1.54, 1.807) is 12.1 Å². The molecule has 18 heavy (non-hydrogen) atoms. The highest BCUT2D eigenvalue weighted by Gasteiger charge is 2.08. The van der Waals surface area contributed by atoms with Gasteiger partial charge in [0.2, 0.25) is 0 Å². The Morgan fingerprint density at radius 1 is 0.944 bits per heavy atom. The first kappa shape index (κ1) is 10.7.